The quantitative estimate of drug-likeness (QED) is 0.642. The van der Waals surface area contributed by atoms with Crippen molar-refractivity contribution < 1.29 is 9.13 Å². The Morgan fingerprint density at radius 1 is 1.00 bits per heavy atom. The summed E-state index contributed by atoms with van der Waals surface area (Å²) in [6, 6.07) is 14.5. The van der Waals surface area contributed by atoms with Crippen LogP contribution in [0.4, 0.5) is 4.39 Å². The van der Waals surface area contributed by atoms with Gasteiger partial charge in [-0.3, -0.25) is 0 Å². The Balaban J connectivity index is 1.86. The molecule has 0 N–H and O–H groups in total. The summed E-state index contributed by atoms with van der Waals surface area (Å²) < 4.78 is 18.6. The van der Waals surface area contributed by atoms with Gasteiger partial charge in [-0.05, 0) is 47.2 Å². The number of hydrogen-bond acceptors (Lipinski definition) is 1. The van der Waals surface area contributed by atoms with E-state index in [0.717, 1.165) is 17.7 Å². The average Bonchev–Trinajstić information content (AvgIpc) is 2.46. The van der Waals surface area contributed by atoms with Gasteiger partial charge in [0, 0.05) is 6.42 Å². The van der Waals surface area contributed by atoms with Crippen LogP contribution in [0.1, 0.15) is 38.3 Å². The van der Waals surface area contributed by atoms with E-state index < -0.39 is 5.56 Å². The van der Waals surface area contributed by atoms with Crippen LogP contribution in [0.2, 0.25) is 0 Å². The fourth-order valence-electron chi connectivity index (χ4n) is 2.17. The predicted octanol–water partition coefficient (Wildman–Crippen LogP) is 5.70. The molecule has 1 atom stereocenters. The predicted molar refractivity (Wildman–Crippen MR) is 90.1 cm³/mol. The maximum Gasteiger partial charge on any atom is 0.172 e. The first kappa shape index (κ1) is 16.8. The first-order valence-electron chi connectivity index (χ1n) is 7.50. The molecule has 0 amide bonds. The Morgan fingerprint density at radius 2 is 1.59 bits per heavy atom. The number of alkyl halides is 1. The van der Waals surface area contributed by atoms with E-state index in [1.807, 2.05) is 12.1 Å². The van der Waals surface area contributed by atoms with Crippen molar-refractivity contribution in [1.29, 1.82) is 0 Å². The average molecular weight is 321 g/mol. The van der Waals surface area contributed by atoms with E-state index >= 15 is 0 Å². The van der Waals surface area contributed by atoms with Gasteiger partial charge in [-0.2, -0.15) is 0 Å². The number of ether oxygens (including phenoxy) is 1. The lowest BCUT2D eigenvalue weighted by Crippen LogP contribution is -2.12. The molecular formula is C19H22ClFO. The minimum atomic E-state index is -0.398. The van der Waals surface area contributed by atoms with Crippen LogP contribution in [0.25, 0.3) is 0 Å². The summed E-state index contributed by atoms with van der Waals surface area (Å²) in [5.74, 6) is 0.550. The SMILES string of the molecule is CC(C)(C)c1ccc(OC(Cl)CCc2ccc(F)cc2)cc1. The smallest absolute Gasteiger partial charge is 0.172 e. The van der Waals surface area contributed by atoms with E-state index in [1.165, 1.54) is 17.7 Å². The van der Waals surface area contributed by atoms with Crippen LogP contribution in [0.15, 0.2) is 48.5 Å². The molecule has 0 fully saturated rings. The Morgan fingerprint density at radius 3 is 2.14 bits per heavy atom. The molecule has 0 heterocycles. The van der Waals surface area contributed by atoms with Crippen LogP contribution in [-0.4, -0.2) is 5.56 Å². The molecule has 1 nitrogen and oxygen atoms in total. The zero-order chi connectivity index (χ0) is 16.2. The van der Waals surface area contributed by atoms with Gasteiger partial charge >= 0.3 is 0 Å². The Kier molecular flexibility index (Phi) is 5.47. The largest absolute Gasteiger partial charge is 0.475 e. The number of hydrogen-bond donors (Lipinski definition) is 0. The van der Waals surface area contributed by atoms with Crippen molar-refractivity contribution in [2.75, 3.05) is 0 Å². The second-order valence-electron chi connectivity index (χ2n) is 6.47. The first-order chi connectivity index (χ1) is 10.3. The summed E-state index contributed by atoms with van der Waals surface area (Å²) in [6.45, 7) is 6.53. The molecular weight excluding hydrogens is 299 g/mol. The number of benzene rings is 2. The summed E-state index contributed by atoms with van der Waals surface area (Å²) in [5.41, 5.74) is 2.04. The highest BCUT2D eigenvalue weighted by molar-refractivity contribution is 6.19. The van der Waals surface area contributed by atoms with Gasteiger partial charge in [-0.15, -0.1) is 0 Å². The molecule has 2 aromatic carbocycles. The van der Waals surface area contributed by atoms with Gasteiger partial charge in [0.1, 0.15) is 11.6 Å². The summed E-state index contributed by atoms with van der Waals surface area (Å²) in [6.07, 6.45) is 1.43. The second-order valence-corrected chi connectivity index (χ2v) is 6.95. The molecule has 0 aliphatic heterocycles. The van der Waals surface area contributed by atoms with Crippen molar-refractivity contribution in [2.24, 2.45) is 0 Å². The van der Waals surface area contributed by atoms with Crippen LogP contribution in [0.3, 0.4) is 0 Å². The zero-order valence-corrected chi connectivity index (χ0v) is 14.0. The molecule has 0 saturated heterocycles. The zero-order valence-electron chi connectivity index (χ0n) is 13.3. The lowest BCUT2D eigenvalue weighted by molar-refractivity contribution is 0.270. The summed E-state index contributed by atoms with van der Waals surface area (Å²) in [5, 5.41) is 0. The monoisotopic (exact) mass is 320 g/mol. The molecule has 0 saturated carbocycles. The first-order valence-corrected chi connectivity index (χ1v) is 7.94. The van der Waals surface area contributed by atoms with Crippen molar-refractivity contribution in [1.82, 2.24) is 0 Å². The Hall–Kier alpha value is -1.54. The van der Waals surface area contributed by atoms with Gasteiger partial charge in [0.25, 0.3) is 0 Å². The summed E-state index contributed by atoms with van der Waals surface area (Å²) in [7, 11) is 0. The maximum atomic E-state index is 12.8. The lowest BCUT2D eigenvalue weighted by Gasteiger charge is -2.19. The fourth-order valence-corrected chi connectivity index (χ4v) is 2.38. The van der Waals surface area contributed by atoms with Gasteiger partial charge in [-0.1, -0.05) is 56.6 Å². The minimum absolute atomic E-state index is 0.126. The fraction of sp³-hybridized carbons (Fsp3) is 0.368. The number of aryl methyl sites for hydroxylation is 1. The van der Waals surface area contributed by atoms with Gasteiger partial charge in [-0.25, -0.2) is 4.39 Å². The molecule has 0 aliphatic rings. The van der Waals surface area contributed by atoms with E-state index in [4.69, 9.17) is 16.3 Å². The van der Waals surface area contributed by atoms with Gasteiger partial charge < -0.3 is 4.74 Å². The highest BCUT2D eigenvalue weighted by atomic mass is 35.5. The molecule has 0 spiro atoms. The normalized spacial score (nSPS) is 13.0. The highest BCUT2D eigenvalue weighted by Crippen LogP contribution is 2.25. The van der Waals surface area contributed by atoms with Crippen molar-refractivity contribution in [3.63, 3.8) is 0 Å². The molecule has 118 valence electrons. The third-order valence-corrected chi connectivity index (χ3v) is 3.86. The third-order valence-electron chi connectivity index (χ3n) is 3.56. The number of halogens is 2. The molecule has 0 aromatic heterocycles. The van der Waals surface area contributed by atoms with Crippen LogP contribution in [-0.2, 0) is 11.8 Å². The van der Waals surface area contributed by atoms with Crippen molar-refractivity contribution in [2.45, 2.75) is 44.6 Å². The van der Waals surface area contributed by atoms with E-state index in [9.17, 15) is 4.39 Å². The van der Waals surface area contributed by atoms with Gasteiger partial charge in [0.2, 0.25) is 0 Å². The molecule has 0 radical (unpaired) electrons. The minimum Gasteiger partial charge on any atom is -0.475 e. The van der Waals surface area contributed by atoms with Crippen LogP contribution in [0.5, 0.6) is 5.75 Å². The topological polar surface area (TPSA) is 9.23 Å². The molecule has 22 heavy (non-hydrogen) atoms. The molecule has 1 unspecified atom stereocenters. The van der Waals surface area contributed by atoms with Crippen LogP contribution < -0.4 is 4.74 Å². The second kappa shape index (κ2) is 7.15. The standard InChI is InChI=1S/C19H22ClFO/c1-19(2,3)15-7-11-17(12-8-15)22-18(20)13-6-14-4-9-16(21)10-5-14/h4-5,7-12,18H,6,13H2,1-3H3. The molecule has 0 bridgehead atoms. The van der Waals surface area contributed by atoms with Crippen molar-refractivity contribution in [3.05, 3.63) is 65.5 Å². The van der Waals surface area contributed by atoms with E-state index in [-0.39, 0.29) is 11.2 Å². The molecule has 2 rings (SSSR count). The Labute approximate surface area is 137 Å². The van der Waals surface area contributed by atoms with Gasteiger partial charge in [0.05, 0.1) is 0 Å². The molecule has 3 heteroatoms. The Bertz CT molecular complexity index is 584. The van der Waals surface area contributed by atoms with Crippen LogP contribution in [0, 0.1) is 5.82 Å². The molecule has 0 aliphatic carbocycles. The maximum absolute atomic E-state index is 12.8. The van der Waals surface area contributed by atoms with Crippen LogP contribution >= 0.6 is 11.6 Å². The lowest BCUT2D eigenvalue weighted by atomic mass is 9.87. The van der Waals surface area contributed by atoms with Crippen molar-refractivity contribution >= 4 is 11.6 Å². The number of rotatable bonds is 5. The van der Waals surface area contributed by atoms with E-state index in [1.54, 1.807) is 12.1 Å². The van der Waals surface area contributed by atoms with Crippen molar-refractivity contribution in [3.8, 4) is 5.75 Å². The van der Waals surface area contributed by atoms with Gasteiger partial charge in [0.15, 0.2) is 5.56 Å². The van der Waals surface area contributed by atoms with E-state index in [2.05, 4.69) is 32.9 Å². The summed E-state index contributed by atoms with van der Waals surface area (Å²) in [4.78, 5) is 0. The highest BCUT2D eigenvalue weighted by Gasteiger charge is 2.14. The molecule has 2 aromatic rings. The third kappa shape index (κ3) is 5.03. The summed E-state index contributed by atoms with van der Waals surface area (Å²) >= 11 is 6.23. The van der Waals surface area contributed by atoms with E-state index in [0.29, 0.717) is 6.42 Å².